The number of hydrogen-bond donors (Lipinski definition) is 1. The van der Waals surface area contributed by atoms with Crippen molar-refractivity contribution in [1.82, 2.24) is 9.88 Å². The Labute approximate surface area is 145 Å². The van der Waals surface area contributed by atoms with E-state index < -0.39 is 12.1 Å². The van der Waals surface area contributed by atoms with E-state index in [0.717, 1.165) is 16.8 Å². The summed E-state index contributed by atoms with van der Waals surface area (Å²) in [5, 5.41) is 2.76. The SMILES string of the molecule is Cc1cc2c(cc(C(=O)O[C@H](C)C(=O)NCc3ccccc3)n2C)o1. The fraction of sp³-hybridized carbons (Fsp3) is 0.263. The molecular weight excluding hydrogens is 320 g/mol. The molecular formula is C19H20N2O4. The summed E-state index contributed by atoms with van der Waals surface area (Å²) >= 11 is 0. The molecule has 6 heteroatoms. The zero-order valence-corrected chi connectivity index (χ0v) is 14.4. The predicted octanol–water partition coefficient (Wildman–Crippen LogP) is 2.94. The van der Waals surface area contributed by atoms with Gasteiger partial charge < -0.3 is 19.0 Å². The Morgan fingerprint density at radius 3 is 2.64 bits per heavy atom. The number of carbonyl (C=O) groups excluding carboxylic acids is 2. The highest BCUT2D eigenvalue weighted by Gasteiger charge is 2.22. The van der Waals surface area contributed by atoms with E-state index in [1.165, 1.54) is 0 Å². The minimum atomic E-state index is -0.890. The van der Waals surface area contributed by atoms with Crippen LogP contribution in [0.15, 0.2) is 46.9 Å². The van der Waals surface area contributed by atoms with Crippen LogP contribution in [-0.4, -0.2) is 22.5 Å². The maximum absolute atomic E-state index is 12.3. The van der Waals surface area contributed by atoms with Crippen LogP contribution in [0, 0.1) is 6.92 Å². The van der Waals surface area contributed by atoms with Gasteiger partial charge in [-0.1, -0.05) is 30.3 Å². The first-order valence-electron chi connectivity index (χ1n) is 8.04. The Morgan fingerprint density at radius 2 is 1.96 bits per heavy atom. The average molecular weight is 340 g/mol. The van der Waals surface area contributed by atoms with Gasteiger partial charge in [-0.05, 0) is 19.4 Å². The molecule has 1 aromatic carbocycles. The standard InChI is InChI=1S/C19H20N2O4/c1-12-9-15-17(24-12)10-16(21(15)3)19(23)25-13(2)18(22)20-11-14-7-5-4-6-8-14/h4-10,13H,11H2,1-3H3,(H,20,22)/t13-/m1/s1. The molecule has 0 radical (unpaired) electrons. The van der Waals surface area contributed by atoms with E-state index in [9.17, 15) is 9.59 Å². The number of hydrogen-bond acceptors (Lipinski definition) is 4. The molecule has 0 bridgehead atoms. The van der Waals surface area contributed by atoms with Crippen LogP contribution in [0.25, 0.3) is 11.1 Å². The van der Waals surface area contributed by atoms with Crippen LogP contribution in [0.3, 0.4) is 0 Å². The number of esters is 1. The zero-order chi connectivity index (χ0) is 18.0. The number of furan rings is 1. The van der Waals surface area contributed by atoms with Crippen molar-refractivity contribution in [3.05, 3.63) is 59.5 Å². The Morgan fingerprint density at radius 1 is 1.24 bits per heavy atom. The molecule has 130 valence electrons. The van der Waals surface area contributed by atoms with Gasteiger partial charge in [-0.15, -0.1) is 0 Å². The van der Waals surface area contributed by atoms with Gasteiger partial charge in [0.05, 0.1) is 5.52 Å². The molecule has 3 rings (SSSR count). The van der Waals surface area contributed by atoms with E-state index in [2.05, 4.69) is 5.32 Å². The van der Waals surface area contributed by atoms with Gasteiger partial charge in [0.25, 0.3) is 5.91 Å². The Kier molecular flexibility index (Phi) is 4.61. The second-order valence-electron chi connectivity index (χ2n) is 5.95. The second-order valence-corrected chi connectivity index (χ2v) is 5.95. The van der Waals surface area contributed by atoms with Crippen molar-refractivity contribution in [2.45, 2.75) is 26.5 Å². The summed E-state index contributed by atoms with van der Waals surface area (Å²) in [6.07, 6.45) is -0.890. The third kappa shape index (κ3) is 3.57. The first-order valence-corrected chi connectivity index (χ1v) is 8.04. The number of carbonyl (C=O) groups is 2. The smallest absolute Gasteiger partial charge is 0.355 e. The summed E-state index contributed by atoms with van der Waals surface area (Å²) in [6, 6.07) is 13.0. The molecule has 0 fully saturated rings. The Hall–Kier alpha value is -3.02. The van der Waals surface area contributed by atoms with Crippen molar-refractivity contribution in [2.24, 2.45) is 7.05 Å². The number of ether oxygens (including phenoxy) is 1. The number of nitrogens with zero attached hydrogens (tertiary/aromatic N) is 1. The molecule has 0 aliphatic rings. The van der Waals surface area contributed by atoms with Crippen LogP contribution in [0.2, 0.25) is 0 Å². The lowest BCUT2D eigenvalue weighted by atomic mass is 10.2. The molecule has 3 aromatic rings. The normalized spacial score (nSPS) is 12.1. The molecule has 0 unspecified atom stereocenters. The summed E-state index contributed by atoms with van der Waals surface area (Å²) in [4.78, 5) is 24.5. The second kappa shape index (κ2) is 6.84. The van der Waals surface area contributed by atoms with E-state index in [1.54, 1.807) is 24.6 Å². The van der Waals surface area contributed by atoms with Gasteiger partial charge in [0, 0.05) is 25.7 Å². The summed E-state index contributed by atoms with van der Waals surface area (Å²) in [5.41, 5.74) is 2.75. The van der Waals surface area contributed by atoms with Gasteiger partial charge in [-0.3, -0.25) is 4.79 Å². The third-order valence-electron chi connectivity index (χ3n) is 4.03. The highest BCUT2D eigenvalue weighted by molar-refractivity contribution is 5.95. The van der Waals surface area contributed by atoms with E-state index in [-0.39, 0.29) is 5.91 Å². The van der Waals surface area contributed by atoms with Gasteiger partial charge in [0.15, 0.2) is 11.7 Å². The lowest BCUT2D eigenvalue weighted by Gasteiger charge is -2.14. The maximum Gasteiger partial charge on any atom is 0.355 e. The topological polar surface area (TPSA) is 73.5 Å². The number of amides is 1. The minimum absolute atomic E-state index is 0.342. The van der Waals surface area contributed by atoms with Gasteiger partial charge in [-0.25, -0.2) is 4.79 Å². The minimum Gasteiger partial charge on any atom is -0.460 e. The van der Waals surface area contributed by atoms with Crippen molar-refractivity contribution in [3.63, 3.8) is 0 Å². The lowest BCUT2D eigenvalue weighted by Crippen LogP contribution is -2.35. The van der Waals surface area contributed by atoms with Crippen molar-refractivity contribution in [3.8, 4) is 0 Å². The first kappa shape index (κ1) is 16.8. The summed E-state index contributed by atoms with van der Waals surface area (Å²) < 4.78 is 12.5. The molecule has 0 saturated carbocycles. The summed E-state index contributed by atoms with van der Waals surface area (Å²) in [7, 11) is 1.76. The van der Waals surface area contributed by atoms with Crippen molar-refractivity contribution < 1.29 is 18.7 Å². The fourth-order valence-corrected chi connectivity index (χ4v) is 2.63. The van der Waals surface area contributed by atoms with E-state index in [1.807, 2.05) is 43.3 Å². The van der Waals surface area contributed by atoms with Gasteiger partial charge >= 0.3 is 5.97 Å². The molecule has 0 spiro atoms. The van der Waals surface area contributed by atoms with E-state index in [4.69, 9.17) is 9.15 Å². The van der Waals surface area contributed by atoms with Crippen LogP contribution in [0.1, 0.15) is 28.7 Å². The van der Waals surface area contributed by atoms with Gasteiger partial charge in [0.2, 0.25) is 0 Å². The molecule has 1 N–H and O–H groups in total. The van der Waals surface area contributed by atoms with E-state index in [0.29, 0.717) is 17.8 Å². The van der Waals surface area contributed by atoms with Crippen molar-refractivity contribution >= 4 is 23.0 Å². The Balaban J connectivity index is 1.62. The molecule has 0 aliphatic heterocycles. The van der Waals surface area contributed by atoms with E-state index >= 15 is 0 Å². The monoisotopic (exact) mass is 340 g/mol. The molecule has 1 atom stereocenters. The van der Waals surface area contributed by atoms with Crippen molar-refractivity contribution in [2.75, 3.05) is 0 Å². The molecule has 0 saturated heterocycles. The fourth-order valence-electron chi connectivity index (χ4n) is 2.63. The number of rotatable bonds is 5. The number of nitrogens with one attached hydrogen (secondary N) is 1. The van der Waals surface area contributed by atoms with Crippen LogP contribution in [0.4, 0.5) is 0 Å². The number of fused-ring (bicyclic) bond motifs is 1. The van der Waals surface area contributed by atoms with Gasteiger partial charge in [0.1, 0.15) is 11.5 Å². The molecule has 25 heavy (non-hydrogen) atoms. The van der Waals surface area contributed by atoms with Crippen LogP contribution < -0.4 is 5.32 Å². The van der Waals surface area contributed by atoms with Crippen LogP contribution in [-0.2, 0) is 23.1 Å². The lowest BCUT2D eigenvalue weighted by molar-refractivity contribution is -0.129. The largest absolute Gasteiger partial charge is 0.460 e. The molecule has 1 amide bonds. The third-order valence-corrected chi connectivity index (χ3v) is 4.03. The van der Waals surface area contributed by atoms with Gasteiger partial charge in [-0.2, -0.15) is 0 Å². The predicted molar refractivity (Wildman–Crippen MR) is 93.1 cm³/mol. The van der Waals surface area contributed by atoms with Crippen LogP contribution >= 0.6 is 0 Å². The number of aromatic nitrogens is 1. The maximum atomic E-state index is 12.3. The molecule has 0 aliphatic carbocycles. The summed E-state index contributed by atoms with van der Waals surface area (Å²) in [5.74, 6) is -0.131. The highest BCUT2D eigenvalue weighted by atomic mass is 16.5. The quantitative estimate of drug-likeness (QED) is 0.725. The molecule has 6 nitrogen and oxygen atoms in total. The first-order chi connectivity index (χ1) is 12.0. The zero-order valence-electron chi connectivity index (χ0n) is 14.4. The number of benzene rings is 1. The Bertz CT molecular complexity index is 908. The average Bonchev–Trinajstić information content (AvgIpc) is 3.11. The summed E-state index contributed by atoms with van der Waals surface area (Å²) in [6.45, 7) is 3.78. The number of aryl methyl sites for hydroxylation is 2. The molecule has 2 aromatic heterocycles. The molecule has 2 heterocycles. The highest BCUT2D eigenvalue weighted by Crippen LogP contribution is 2.23. The van der Waals surface area contributed by atoms with Crippen LogP contribution in [0.5, 0.6) is 0 Å². The van der Waals surface area contributed by atoms with Crippen molar-refractivity contribution in [1.29, 1.82) is 0 Å².